The summed E-state index contributed by atoms with van der Waals surface area (Å²) >= 11 is 0. The van der Waals surface area contributed by atoms with Crippen molar-refractivity contribution in [1.82, 2.24) is 4.31 Å². The number of hydrogen-bond donors (Lipinski definition) is 1. The lowest BCUT2D eigenvalue weighted by Crippen LogP contribution is -2.33. The van der Waals surface area contributed by atoms with E-state index in [1.165, 1.54) is 12.8 Å². The van der Waals surface area contributed by atoms with Gasteiger partial charge in [-0.2, -0.15) is 0 Å². The normalized spacial score (nSPS) is 27.7. The molecule has 2 fully saturated rings. The lowest BCUT2D eigenvalue weighted by Gasteiger charge is -2.15. The predicted molar refractivity (Wildman–Crippen MR) is 62.5 cm³/mol. The van der Waals surface area contributed by atoms with Crippen molar-refractivity contribution in [3.8, 4) is 0 Å². The fourth-order valence-electron chi connectivity index (χ4n) is 1.86. The Morgan fingerprint density at radius 3 is 2.40 bits per heavy atom. The molecule has 0 radical (unpaired) electrons. The maximum absolute atomic E-state index is 11.8. The molecule has 0 spiro atoms. The molecule has 1 aliphatic heterocycles. The number of rotatable bonds is 4. The number of halogens is 1. The van der Waals surface area contributed by atoms with E-state index in [0.29, 0.717) is 24.8 Å². The van der Waals surface area contributed by atoms with Gasteiger partial charge < -0.3 is 5.73 Å². The van der Waals surface area contributed by atoms with E-state index in [2.05, 4.69) is 0 Å². The molecule has 0 unspecified atom stereocenters. The summed E-state index contributed by atoms with van der Waals surface area (Å²) in [5.41, 5.74) is 5.68. The Bertz CT molecular complexity index is 303. The third kappa shape index (κ3) is 3.59. The highest BCUT2D eigenvalue weighted by molar-refractivity contribution is 7.89. The van der Waals surface area contributed by atoms with Crippen LogP contribution in [0.25, 0.3) is 0 Å². The second-order valence-electron chi connectivity index (χ2n) is 4.45. The maximum atomic E-state index is 11.8. The molecule has 0 aromatic rings. The summed E-state index contributed by atoms with van der Waals surface area (Å²) in [6.07, 6.45) is 4.08. The van der Waals surface area contributed by atoms with Crippen LogP contribution in [-0.2, 0) is 10.0 Å². The highest BCUT2D eigenvalue weighted by atomic mass is 35.5. The van der Waals surface area contributed by atoms with Crippen LogP contribution >= 0.6 is 12.4 Å². The summed E-state index contributed by atoms with van der Waals surface area (Å²) in [6, 6.07) is 0.0469. The van der Waals surface area contributed by atoms with Crippen LogP contribution < -0.4 is 5.73 Å². The van der Waals surface area contributed by atoms with Gasteiger partial charge in [0.2, 0.25) is 10.0 Å². The molecule has 1 saturated heterocycles. The smallest absolute Gasteiger partial charge is 0.214 e. The van der Waals surface area contributed by atoms with Gasteiger partial charge in [0, 0.05) is 19.1 Å². The SMILES string of the molecule is Cl.N[C@@H]1CCN(S(=O)(=O)CCC2CC2)C1. The van der Waals surface area contributed by atoms with Crippen LogP contribution in [0.3, 0.4) is 0 Å². The minimum Gasteiger partial charge on any atom is -0.326 e. The highest BCUT2D eigenvalue weighted by Gasteiger charge is 2.31. The number of sulfonamides is 1. The van der Waals surface area contributed by atoms with E-state index in [-0.39, 0.29) is 18.4 Å². The van der Waals surface area contributed by atoms with Gasteiger partial charge in [-0.15, -0.1) is 12.4 Å². The average molecular weight is 255 g/mol. The maximum Gasteiger partial charge on any atom is 0.214 e. The van der Waals surface area contributed by atoms with E-state index in [1.807, 2.05) is 0 Å². The quantitative estimate of drug-likeness (QED) is 0.798. The molecule has 0 amide bonds. The lowest BCUT2D eigenvalue weighted by atomic mass is 10.3. The molecule has 0 bridgehead atoms. The van der Waals surface area contributed by atoms with Gasteiger partial charge in [0.15, 0.2) is 0 Å². The molecule has 0 aromatic heterocycles. The third-order valence-electron chi connectivity index (χ3n) is 3.06. The molecular weight excluding hydrogens is 236 g/mol. The van der Waals surface area contributed by atoms with Crippen LogP contribution in [0.1, 0.15) is 25.7 Å². The molecule has 1 aliphatic carbocycles. The van der Waals surface area contributed by atoms with Crippen molar-refractivity contribution >= 4 is 22.4 Å². The molecule has 1 atom stereocenters. The van der Waals surface area contributed by atoms with E-state index in [1.54, 1.807) is 4.31 Å². The van der Waals surface area contributed by atoms with Gasteiger partial charge >= 0.3 is 0 Å². The summed E-state index contributed by atoms with van der Waals surface area (Å²) in [4.78, 5) is 0. The molecular formula is C9H19ClN2O2S. The summed E-state index contributed by atoms with van der Waals surface area (Å²) in [6.45, 7) is 1.14. The fraction of sp³-hybridized carbons (Fsp3) is 1.00. The topological polar surface area (TPSA) is 63.4 Å². The Morgan fingerprint density at radius 1 is 1.27 bits per heavy atom. The summed E-state index contributed by atoms with van der Waals surface area (Å²) in [5, 5.41) is 0. The highest BCUT2D eigenvalue weighted by Crippen LogP contribution is 2.33. The first-order chi connectivity index (χ1) is 6.58. The monoisotopic (exact) mass is 254 g/mol. The Kier molecular flexibility index (Phi) is 4.40. The summed E-state index contributed by atoms with van der Waals surface area (Å²) in [5.74, 6) is 1.01. The molecule has 2 rings (SSSR count). The van der Waals surface area contributed by atoms with Crippen LogP contribution in [-0.4, -0.2) is 37.6 Å². The molecule has 2 N–H and O–H groups in total. The van der Waals surface area contributed by atoms with Gasteiger partial charge in [0.1, 0.15) is 0 Å². The number of nitrogens with zero attached hydrogens (tertiary/aromatic N) is 1. The zero-order chi connectivity index (χ0) is 10.2. The third-order valence-corrected chi connectivity index (χ3v) is 4.93. The fourth-order valence-corrected chi connectivity index (χ4v) is 3.55. The largest absolute Gasteiger partial charge is 0.326 e. The molecule has 2 aliphatic rings. The Balaban J connectivity index is 0.00000112. The standard InChI is InChI=1S/C9H18N2O2S.ClH/c10-9-3-5-11(7-9)14(12,13)6-4-8-1-2-8;/h8-9H,1-7,10H2;1H/t9-;/m1./s1. The molecule has 0 aromatic carbocycles. The van der Waals surface area contributed by atoms with E-state index < -0.39 is 10.0 Å². The van der Waals surface area contributed by atoms with Crippen LogP contribution in [0.4, 0.5) is 0 Å². The molecule has 1 heterocycles. The minimum absolute atomic E-state index is 0. The van der Waals surface area contributed by atoms with E-state index in [4.69, 9.17) is 5.73 Å². The molecule has 15 heavy (non-hydrogen) atoms. The zero-order valence-electron chi connectivity index (χ0n) is 8.76. The predicted octanol–water partition coefficient (Wildman–Crippen LogP) is 0.571. The van der Waals surface area contributed by atoms with E-state index in [0.717, 1.165) is 12.8 Å². The summed E-state index contributed by atoms with van der Waals surface area (Å²) in [7, 11) is -2.99. The first kappa shape index (κ1) is 13.2. The summed E-state index contributed by atoms with van der Waals surface area (Å²) < 4.78 is 25.1. The van der Waals surface area contributed by atoms with Gasteiger partial charge in [0.05, 0.1) is 5.75 Å². The van der Waals surface area contributed by atoms with Crippen LogP contribution in [0.15, 0.2) is 0 Å². The Hall–Kier alpha value is 0.160. The van der Waals surface area contributed by atoms with Gasteiger partial charge in [0.25, 0.3) is 0 Å². The average Bonchev–Trinajstić information content (AvgIpc) is 2.85. The molecule has 90 valence electrons. The van der Waals surface area contributed by atoms with Crippen molar-refractivity contribution in [1.29, 1.82) is 0 Å². The van der Waals surface area contributed by atoms with Gasteiger partial charge in [-0.05, 0) is 18.8 Å². The first-order valence-corrected chi connectivity index (χ1v) is 6.92. The lowest BCUT2D eigenvalue weighted by molar-refractivity contribution is 0.469. The van der Waals surface area contributed by atoms with E-state index in [9.17, 15) is 8.42 Å². The van der Waals surface area contributed by atoms with Crippen LogP contribution in [0, 0.1) is 5.92 Å². The van der Waals surface area contributed by atoms with Crippen molar-refractivity contribution < 1.29 is 8.42 Å². The van der Waals surface area contributed by atoms with Gasteiger partial charge in [-0.1, -0.05) is 12.8 Å². The van der Waals surface area contributed by atoms with Crippen LogP contribution in [0.5, 0.6) is 0 Å². The minimum atomic E-state index is -2.99. The molecule has 1 saturated carbocycles. The number of hydrogen-bond acceptors (Lipinski definition) is 3. The van der Waals surface area contributed by atoms with E-state index >= 15 is 0 Å². The molecule has 6 heteroatoms. The Morgan fingerprint density at radius 2 is 1.93 bits per heavy atom. The second-order valence-corrected chi connectivity index (χ2v) is 6.54. The van der Waals surface area contributed by atoms with Crippen LogP contribution in [0.2, 0.25) is 0 Å². The van der Waals surface area contributed by atoms with Crippen molar-refractivity contribution in [3.05, 3.63) is 0 Å². The second kappa shape index (κ2) is 4.99. The molecule has 4 nitrogen and oxygen atoms in total. The van der Waals surface area contributed by atoms with Crippen molar-refractivity contribution in [2.24, 2.45) is 11.7 Å². The number of nitrogens with two attached hydrogens (primary N) is 1. The van der Waals surface area contributed by atoms with Gasteiger partial charge in [-0.25, -0.2) is 12.7 Å². The van der Waals surface area contributed by atoms with Gasteiger partial charge in [-0.3, -0.25) is 0 Å². The Labute approximate surface area is 97.7 Å². The zero-order valence-corrected chi connectivity index (χ0v) is 10.4. The van der Waals surface area contributed by atoms with Crippen molar-refractivity contribution in [3.63, 3.8) is 0 Å². The first-order valence-electron chi connectivity index (χ1n) is 5.31. The van der Waals surface area contributed by atoms with Crippen molar-refractivity contribution in [2.45, 2.75) is 31.7 Å². The van der Waals surface area contributed by atoms with Crippen molar-refractivity contribution in [2.75, 3.05) is 18.8 Å².